The third-order valence-electron chi connectivity index (χ3n) is 5.60. The van der Waals surface area contributed by atoms with E-state index in [0.717, 1.165) is 33.5 Å². The number of halogens is 1. The molecule has 5 rings (SSSR count). The van der Waals surface area contributed by atoms with Gasteiger partial charge < -0.3 is 4.42 Å². The molecule has 3 aromatic heterocycles. The molecule has 11 heteroatoms. The molecular formula is C22H22ClN7OS2. The van der Waals surface area contributed by atoms with Crippen LogP contribution in [0.3, 0.4) is 0 Å². The van der Waals surface area contributed by atoms with Crippen LogP contribution in [0.25, 0.3) is 5.00 Å². The van der Waals surface area contributed by atoms with Crippen LogP contribution >= 0.6 is 34.9 Å². The first-order valence-electron chi connectivity index (χ1n) is 10.4. The molecule has 1 aliphatic heterocycles. The maximum Gasteiger partial charge on any atom is 0.231 e. The molecule has 0 amide bonds. The molecule has 33 heavy (non-hydrogen) atoms. The molecule has 1 atom stereocenters. The zero-order valence-corrected chi connectivity index (χ0v) is 21.0. The summed E-state index contributed by atoms with van der Waals surface area (Å²) < 4.78 is 11.1. The lowest BCUT2D eigenvalue weighted by molar-refractivity contribution is 0.430. The molecule has 0 saturated carbocycles. The molecule has 0 aliphatic carbocycles. The fourth-order valence-electron chi connectivity index (χ4n) is 3.87. The molecule has 0 radical (unpaired) electrons. The van der Waals surface area contributed by atoms with E-state index in [4.69, 9.17) is 21.0 Å². The second-order valence-electron chi connectivity index (χ2n) is 7.72. The summed E-state index contributed by atoms with van der Waals surface area (Å²) in [5.41, 5.74) is 4.20. The number of nitrogens with one attached hydrogen (secondary N) is 1. The quantitative estimate of drug-likeness (QED) is 0.381. The fourth-order valence-corrected chi connectivity index (χ4v) is 5.48. The Kier molecular flexibility index (Phi) is 6.09. The summed E-state index contributed by atoms with van der Waals surface area (Å²) in [5, 5.41) is 19.1. The molecule has 8 nitrogen and oxygen atoms in total. The van der Waals surface area contributed by atoms with Gasteiger partial charge in [0.15, 0.2) is 5.82 Å². The van der Waals surface area contributed by atoms with Gasteiger partial charge in [-0.05, 0) is 44.7 Å². The molecule has 1 aromatic carbocycles. The van der Waals surface area contributed by atoms with Crippen molar-refractivity contribution in [1.29, 1.82) is 0 Å². The highest BCUT2D eigenvalue weighted by molar-refractivity contribution is 7.96. The molecule has 0 fully saturated rings. The van der Waals surface area contributed by atoms with Gasteiger partial charge in [0, 0.05) is 21.0 Å². The van der Waals surface area contributed by atoms with Crippen molar-refractivity contribution < 1.29 is 4.42 Å². The van der Waals surface area contributed by atoms with E-state index in [-0.39, 0.29) is 6.04 Å². The third-order valence-corrected chi connectivity index (χ3v) is 7.48. The van der Waals surface area contributed by atoms with Crippen molar-refractivity contribution >= 4 is 40.6 Å². The lowest BCUT2D eigenvalue weighted by Crippen LogP contribution is -2.09. The van der Waals surface area contributed by atoms with E-state index in [9.17, 15) is 0 Å². The summed E-state index contributed by atoms with van der Waals surface area (Å²) in [6.45, 7) is 6.74. The Balaban J connectivity index is 1.65. The first-order chi connectivity index (χ1) is 16.0. The monoisotopic (exact) mass is 499 g/mol. The standard InChI is InChI=1S/C22H22ClN7OS2/c1-11-12(2)33-22-19(11)20(14-5-7-15(23)8-6-14)25-16(21-29-26-13(3)30(21)22)9-17-27-28-18(31-17)10-24-32-4/h5-8,16,24H,9-10H2,1-4H3/t16-/m0/s1. The van der Waals surface area contributed by atoms with Crippen LogP contribution < -0.4 is 4.72 Å². The molecule has 1 aliphatic rings. The van der Waals surface area contributed by atoms with Crippen LogP contribution in [0.15, 0.2) is 33.7 Å². The Morgan fingerprint density at radius 2 is 1.85 bits per heavy atom. The summed E-state index contributed by atoms with van der Waals surface area (Å²) in [5.74, 6) is 2.64. The van der Waals surface area contributed by atoms with E-state index in [2.05, 4.69) is 43.5 Å². The van der Waals surface area contributed by atoms with E-state index in [1.807, 2.05) is 37.4 Å². The topological polar surface area (TPSA) is 94.0 Å². The van der Waals surface area contributed by atoms with Gasteiger partial charge in [0.25, 0.3) is 0 Å². The van der Waals surface area contributed by atoms with Crippen LogP contribution in [0.2, 0.25) is 5.02 Å². The number of aryl methyl sites for hydroxylation is 2. The van der Waals surface area contributed by atoms with Gasteiger partial charge in [-0.25, -0.2) is 0 Å². The predicted molar refractivity (Wildman–Crippen MR) is 132 cm³/mol. The molecule has 4 heterocycles. The normalized spacial score (nSPS) is 15.2. The lowest BCUT2D eigenvalue weighted by Gasteiger charge is -2.11. The third kappa shape index (κ3) is 4.12. The highest BCUT2D eigenvalue weighted by atomic mass is 35.5. The summed E-state index contributed by atoms with van der Waals surface area (Å²) in [4.78, 5) is 6.46. The van der Waals surface area contributed by atoms with Crippen molar-refractivity contribution in [3.63, 3.8) is 0 Å². The first-order valence-corrected chi connectivity index (χ1v) is 12.8. The average Bonchev–Trinajstić information content (AvgIpc) is 3.46. The van der Waals surface area contributed by atoms with Crippen LogP contribution in [0, 0.1) is 20.8 Å². The second kappa shape index (κ2) is 9.02. The molecule has 1 N–H and O–H groups in total. The number of hydrogen-bond donors (Lipinski definition) is 1. The van der Waals surface area contributed by atoms with E-state index in [1.54, 1.807) is 11.3 Å². The molecule has 0 unspecified atom stereocenters. The Hall–Kier alpha value is -2.53. The van der Waals surface area contributed by atoms with Gasteiger partial charge in [-0.1, -0.05) is 35.7 Å². The SMILES string of the molecule is CSNCc1nnc(C[C@@H]2N=C(c3ccc(Cl)cc3)c3c(sc(C)c3C)-n3c(C)nnc32)o1. The number of benzene rings is 1. The Bertz CT molecular complexity index is 1340. The van der Waals surface area contributed by atoms with Crippen molar-refractivity contribution in [2.45, 2.75) is 39.8 Å². The summed E-state index contributed by atoms with van der Waals surface area (Å²) in [7, 11) is 0. The average molecular weight is 500 g/mol. The van der Waals surface area contributed by atoms with Gasteiger partial charge in [0.2, 0.25) is 11.8 Å². The number of hydrogen-bond acceptors (Lipinski definition) is 9. The maximum atomic E-state index is 6.17. The van der Waals surface area contributed by atoms with E-state index in [0.29, 0.717) is 29.8 Å². The van der Waals surface area contributed by atoms with Crippen LogP contribution in [-0.2, 0) is 13.0 Å². The molecule has 170 valence electrons. The second-order valence-corrected chi connectivity index (χ2v) is 10.1. The maximum absolute atomic E-state index is 6.17. The van der Waals surface area contributed by atoms with Gasteiger partial charge in [0.1, 0.15) is 16.9 Å². The Labute approximate surface area is 204 Å². The van der Waals surface area contributed by atoms with Crippen LogP contribution in [0.1, 0.15) is 51.0 Å². The van der Waals surface area contributed by atoms with Crippen molar-refractivity contribution in [2.24, 2.45) is 4.99 Å². The summed E-state index contributed by atoms with van der Waals surface area (Å²) in [6.07, 6.45) is 2.38. The zero-order chi connectivity index (χ0) is 23.1. The number of aliphatic imine (C=N–C) groups is 1. The number of nitrogens with zero attached hydrogens (tertiary/aromatic N) is 6. The number of rotatable bonds is 6. The van der Waals surface area contributed by atoms with E-state index < -0.39 is 0 Å². The Morgan fingerprint density at radius 1 is 1.09 bits per heavy atom. The minimum Gasteiger partial charge on any atom is -0.424 e. The first kappa shape index (κ1) is 22.3. The lowest BCUT2D eigenvalue weighted by atomic mass is 9.99. The van der Waals surface area contributed by atoms with Crippen molar-refractivity contribution in [1.82, 2.24) is 29.7 Å². The fraction of sp³-hybridized carbons (Fsp3) is 0.318. The number of thiophene rings is 1. The van der Waals surface area contributed by atoms with Gasteiger partial charge in [-0.3, -0.25) is 14.3 Å². The van der Waals surface area contributed by atoms with Gasteiger partial charge >= 0.3 is 0 Å². The largest absolute Gasteiger partial charge is 0.424 e. The Morgan fingerprint density at radius 3 is 2.61 bits per heavy atom. The van der Waals surface area contributed by atoms with Gasteiger partial charge in [-0.15, -0.1) is 31.7 Å². The summed E-state index contributed by atoms with van der Waals surface area (Å²) in [6, 6.07) is 7.46. The van der Waals surface area contributed by atoms with Crippen molar-refractivity contribution in [3.8, 4) is 5.00 Å². The molecule has 0 bridgehead atoms. The highest BCUT2D eigenvalue weighted by Gasteiger charge is 2.32. The smallest absolute Gasteiger partial charge is 0.231 e. The minimum absolute atomic E-state index is 0.335. The molecule has 4 aromatic rings. The van der Waals surface area contributed by atoms with E-state index >= 15 is 0 Å². The molecule has 0 saturated heterocycles. The van der Waals surface area contributed by atoms with Gasteiger partial charge in [0.05, 0.1) is 18.7 Å². The predicted octanol–water partition coefficient (Wildman–Crippen LogP) is 4.79. The number of fused-ring (bicyclic) bond motifs is 3. The van der Waals surface area contributed by atoms with Crippen LogP contribution in [0.5, 0.6) is 0 Å². The summed E-state index contributed by atoms with van der Waals surface area (Å²) >= 11 is 9.41. The van der Waals surface area contributed by atoms with Crippen molar-refractivity contribution in [2.75, 3.05) is 6.26 Å². The van der Waals surface area contributed by atoms with Crippen LogP contribution in [0.4, 0.5) is 0 Å². The minimum atomic E-state index is -0.335. The van der Waals surface area contributed by atoms with Crippen LogP contribution in [-0.4, -0.2) is 36.9 Å². The molecule has 0 spiro atoms. The highest BCUT2D eigenvalue weighted by Crippen LogP contribution is 2.39. The van der Waals surface area contributed by atoms with Gasteiger partial charge in [-0.2, -0.15) is 0 Å². The molecular weight excluding hydrogens is 478 g/mol. The van der Waals surface area contributed by atoms with Crippen molar-refractivity contribution in [3.05, 3.63) is 74.3 Å². The zero-order valence-electron chi connectivity index (χ0n) is 18.6. The number of aromatic nitrogens is 5. The van der Waals surface area contributed by atoms with E-state index in [1.165, 1.54) is 22.4 Å².